The number of nitrogens with one attached hydrogen (secondary N) is 1. The third-order valence-electron chi connectivity index (χ3n) is 5.35. The summed E-state index contributed by atoms with van der Waals surface area (Å²) in [7, 11) is 4.89. The monoisotopic (exact) mass is 497 g/mol. The highest BCUT2D eigenvalue weighted by Crippen LogP contribution is 2.38. The Morgan fingerprint density at radius 3 is 2.53 bits per heavy atom. The van der Waals surface area contributed by atoms with Crippen LogP contribution in [0.3, 0.4) is 0 Å². The van der Waals surface area contributed by atoms with E-state index < -0.39 is 17.4 Å². The first kappa shape index (κ1) is 24.8. The molecule has 0 spiro atoms. The number of aryl methyl sites for hydroxylation is 1. The van der Waals surface area contributed by atoms with Crippen molar-refractivity contribution in [3.8, 4) is 34.9 Å². The van der Waals surface area contributed by atoms with Gasteiger partial charge in [0.2, 0.25) is 5.89 Å². The van der Waals surface area contributed by atoms with Crippen molar-refractivity contribution in [1.29, 1.82) is 0 Å². The van der Waals surface area contributed by atoms with Crippen LogP contribution in [0, 0.1) is 19.3 Å². The van der Waals surface area contributed by atoms with Crippen molar-refractivity contribution in [2.45, 2.75) is 19.6 Å². The summed E-state index contributed by atoms with van der Waals surface area (Å²) in [5.41, 5.74) is -1.63. The topological polar surface area (TPSA) is 88.7 Å². The number of methoxy groups -OCH3 is 1. The first-order valence-electron chi connectivity index (χ1n) is 10.7. The first-order chi connectivity index (χ1) is 17.1. The van der Waals surface area contributed by atoms with Gasteiger partial charge in [0.1, 0.15) is 22.7 Å². The third-order valence-corrected chi connectivity index (χ3v) is 5.35. The van der Waals surface area contributed by atoms with E-state index in [2.05, 4.69) is 21.0 Å². The smallest absolute Gasteiger partial charge is 0.433 e. The number of H-pyrrole nitrogens is 1. The number of terminal acetylenes is 1. The van der Waals surface area contributed by atoms with Gasteiger partial charge in [-0.3, -0.25) is 9.89 Å². The fourth-order valence-electron chi connectivity index (χ4n) is 3.86. The normalized spacial score (nSPS) is 12.4. The molecule has 0 aliphatic heterocycles. The zero-order chi connectivity index (χ0) is 26.2. The molecule has 0 saturated heterocycles. The highest BCUT2D eigenvalue weighted by Gasteiger charge is 2.39. The lowest BCUT2D eigenvalue weighted by Crippen LogP contribution is -2.23. The van der Waals surface area contributed by atoms with Crippen molar-refractivity contribution >= 4 is 11.4 Å². The predicted octanol–water partition coefficient (Wildman–Crippen LogP) is 4.35. The minimum absolute atomic E-state index is 0.0821. The van der Waals surface area contributed by atoms with E-state index in [0.29, 0.717) is 5.76 Å². The summed E-state index contributed by atoms with van der Waals surface area (Å²) >= 11 is 0. The largest absolute Gasteiger partial charge is 0.494 e. The van der Waals surface area contributed by atoms with E-state index in [1.807, 2.05) is 0 Å². The van der Waals surface area contributed by atoms with Crippen LogP contribution in [-0.4, -0.2) is 45.7 Å². The lowest BCUT2D eigenvalue weighted by molar-refractivity contribution is -0.140. The van der Waals surface area contributed by atoms with Gasteiger partial charge < -0.3 is 14.1 Å². The molecule has 8 nitrogen and oxygen atoms in total. The van der Waals surface area contributed by atoms with Crippen LogP contribution in [0.1, 0.15) is 22.8 Å². The number of allylic oxidation sites excluding steroid dienone is 1. The molecule has 0 aliphatic rings. The van der Waals surface area contributed by atoms with Crippen LogP contribution < -0.4 is 5.56 Å². The van der Waals surface area contributed by atoms with Gasteiger partial charge in [-0.15, -0.1) is 6.42 Å². The van der Waals surface area contributed by atoms with Crippen LogP contribution in [0.25, 0.3) is 34.0 Å². The van der Waals surface area contributed by atoms with E-state index in [9.17, 15) is 18.0 Å². The number of ether oxygens (including phenoxy) is 1. The maximum atomic E-state index is 14.0. The number of oxazole rings is 1. The molecule has 0 saturated carbocycles. The molecule has 11 heteroatoms. The van der Waals surface area contributed by atoms with E-state index in [4.69, 9.17) is 15.6 Å². The summed E-state index contributed by atoms with van der Waals surface area (Å²) < 4.78 is 53.9. The Labute approximate surface area is 204 Å². The summed E-state index contributed by atoms with van der Waals surface area (Å²) in [5, 5.41) is 2.21. The van der Waals surface area contributed by atoms with Crippen molar-refractivity contribution in [3.05, 3.63) is 69.6 Å². The van der Waals surface area contributed by atoms with Gasteiger partial charge in [-0.25, -0.2) is 9.97 Å². The average Bonchev–Trinajstić information content (AvgIpc) is 3.39. The predicted molar refractivity (Wildman–Crippen MR) is 128 cm³/mol. The number of aromatic nitrogens is 4. The van der Waals surface area contributed by atoms with Crippen LogP contribution >= 0.6 is 0 Å². The molecule has 0 radical (unpaired) electrons. The van der Waals surface area contributed by atoms with Gasteiger partial charge in [0.25, 0.3) is 5.56 Å². The van der Waals surface area contributed by atoms with Gasteiger partial charge in [-0.05, 0) is 26.6 Å². The molecule has 0 atom stereocenters. The Balaban J connectivity index is 2.08. The van der Waals surface area contributed by atoms with Crippen LogP contribution in [0.4, 0.5) is 13.2 Å². The Bertz CT molecular complexity index is 1550. The number of hydrogen-bond acceptors (Lipinski definition) is 6. The molecule has 36 heavy (non-hydrogen) atoms. The quantitative estimate of drug-likeness (QED) is 0.315. The molecule has 0 fully saturated rings. The van der Waals surface area contributed by atoms with Crippen molar-refractivity contribution < 1.29 is 22.3 Å². The number of fused-ring (bicyclic) bond motifs is 1. The molecule has 3 aromatic heterocycles. The lowest BCUT2D eigenvalue weighted by Gasteiger charge is -2.12. The Morgan fingerprint density at radius 1 is 1.25 bits per heavy atom. The summed E-state index contributed by atoms with van der Waals surface area (Å²) in [6.45, 7) is 1.74. The number of alkyl halides is 3. The Kier molecular flexibility index (Phi) is 6.47. The molecule has 4 rings (SSSR count). The van der Waals surface area contributed by atoms with Crippen LogP contribution in [0.5, 0.6) is 0 Å². The van der Waals surface area contributed by atoms with Gasteiger partial charge in [0.05, 0.1) is 18.4 Å². The molecule has 0 aliphatic carbocycles. The van der Waals surface area contributed by atoms with E-state index >= 15 is 0 Å². The maximum Gasteiger partial charge on any atom is 0.433 e. The van der Waals surface area contributed by atoms with E-state index in [1.165, 1.54) is 25.3 Å². The minimum atomic E-state index is -4.77. The highest BCUT2D eigenvalue weighted by molar-refractivity contribution is 5.81. The molecule has 1 aromatic carbocycles. The van der Waals surface area contributed by atoms with E-state index in [-0.39, 0.29) is 51.9 Å². The van der Waals surface area contributed by atoms with Crippen LogP contribution in [-0.2, 0) is 17.5 Å². The van der Waals surface area contributed by atoms with Crippen molar-refractivity contribution in [2.24, 2.45) is 0 Å². The standard InChI is InChI=1S/C25H22F3N5O3/c1-6-10-17(35-5)20-14(2)36-23(30-20)19-16(13-32(3)4)29-22-18(15-11-8-7-9-12-15)21(25(26,27)28)31-33(22)24(19)34/h1,7-12,31H,13H2,2-5H3/b17-10+. The molecular weight excluding hydrogens is 475 g/mol. The molecule has 3 heterocycles. The first-order valence-corrected chi connectivity index (χ1v) is 10.7. The molecular formula is C25H22F3N5O3. The second-order valence-electron chi connectivity index (χ2n) is 8.16. The summed E-state index contributed by atoms with van der Waals surface area (Å²) in [6.07, 6.45) is 1.92. The Morgan fingerprint density at radius 2 is 1.94 bits per heavy atom. The molecule has 0 unspecified atom stereocenters. The zero-order valence-corrected chi connectivity index (χ0v) is 19.9. The second-order valence-corrected chi connectivity index (χ2v) is 8.16. The lowest BCUT2D eigenvalue weighted by atomic mass is 10.1. The third kappa shape index (κ3) is 4.38. The fourth-order valence-corrected chi connectivity index (χ4v) is 3.86. The SMILES string of the molecule is C#C/C=C(/OC)c1nc(-c2c(CN(C)C)nc3c(-c4ccccc4)c(C(F)(F)F)[nH]n3c2=O)oc1C. The average molecular weight is 497 g/mol. The Hall–Kier alpha value is -4.30. The maximum absolute atomic E-state index is 14.0. The number of halogens is 3. The highest BCUT2D eigenvalue weighted by atomic mass is 19.4. The van der Waals surface area contributed by atoms with Crippen molar-refractivity contribution in [1.82, 2.24) is 24.5 Å². The minimum Gasteiger partial charge on any atom is -0.494 e. The van der Waals surface area contributed by atoms with E-state index in [1.54, 1.807) is 44.1 Å². The number of benzene rings is 1. The zero-order valence-electron chi connectivity index (χ0n) is 19.9. The summed E-state index contributed by atoms with van der Waals surface area (Å²) in [6, 6.07) is 7.96. The van der Waals surface area contributed by atoms with Crippen molar-refractivity contribution in [2.75, 3.05) is 21.2 Å². The fraction of sp³-hybridized carbons (Fsp3) is 0.240. The second kappa shape index (κ2) is 9.39. The number of aromatic amines is 1. The molecule has 0 amide bonds. The van der Waals surface area contributed by atoms with Crippen molar-refractivity contribution in [3.63, 3.8) is 0 Å². The number of rotatable bonds is 6. The van der Waals surface area contributed by atoms with Gasteiger partial charge in [0.15, 0.2) is 11.4 Å². The number of hydrogen-bond donors (Lipinski definition) is 1. The molecule has 4 aromatic rings. The van der Waals surface area contributed by atoms with Gasteiger partial charge >= 0.3 is 6.18 Å². The van der Waals surface area contributed by atoms with Gasteiger partial charge in [0, 0.05) is 12.6 Å². The van der Waals surface area contributed by atoms with Gasteiger partial charge in [-0.1, -0.05) is 36.3 Å². The molecule has 186 valence electrons. The number of nitrogens with zero attached hydrogens (tertiary/aromatic N) is 4. The molecule has 0 bridgehead atoms. The summed E-state index contributed by atoms with van der Waals surface area (Å²) in [4.78, 5) is 24.3. The van der Waals surface area contributed by atoms with Gasteiger partial charge in [-0.2, -0.15) is 17.7 Å². The summed E-state index contributed by atoms with van der Waals surface area (Å²) in [5.74, 6) is 2.77. The van der Waals surface area contributed by atoms with Crippen LogP contribution in [0.2, 0.25) is 0 Å². The van der Waals surface area contributed by atoms with Crippen LogP contribution in [0.15, 0.2) is 45.6 Å². The molecule has 1 N–H and O–H groups in total. The van der Waals surface area contributed by atoms with E-state index in [0.717, 1.165) is 4.52 Å².